The number of hydrogen-bond acceptors (Lipinski definition) is 1. The molecule has 0 saturated carbocycles. The third kappa shape index (κ3) is 3.75. The van der Waals surface area contributed by atoms with E-state index in [4.69, 9.17) is 23.2 Å². The van der Waals surface area contributed by atoms with Crippen LogP contribution < -0.4 is 5.32 Å². The van der Waals surface area contributed by atoms with Crippen LogP contribution in [0.3, 0.4) is 0 Å². The van der Waals surface area contributed by atoms with E-state index >= 15 is 0 Å². The smallest absolute Gasteiger partial charge is 0.145 e. The van der Waals surface area contributed by atoms with E-state index in [0.29, 0.717) is 16.5 Å². The molecule has 0 aliphatic heterocycles. The lowest BCUT2D eigenvalue weighted by Crippen LogP contribution is -2.22. The van der Waals surface area contributed by atoms with Gasteiger partial charge in [-0.05, 0) is 59.2 Å². The summed E-state index contributed by atoms with van der Waals surface area (Å²) in [6, 6.07) is 7.10. The van der Waals surface area contributed by atoms with Crippen molar-refractivity contribution >= 4 is 39.1 Å². The van der Waals surface area contributed by atoms with E-state index in [0.717, 1.165) is 5.56 Å². The quantitative estimate of drug-likeness (QED) is 0.671. The maximum Gasteiger partial charge on any atom is 0.145 e. The van der Waals surface area contributed by atoms with Gasteiger partial charge >= 0.3 is 0 Å². The van der Waals surface area contributed by atoms with E-state index in [1.807, 2.05) is 0 Å². The third-order valence-electron chi connectivity index (χ3n) is 3.22. The molecule has 6 heteroatoms. The molecule has 0 bridgehead atoms. The minimum absolute atomic E-state index is 0.0158. The molecule has 0 amide bonds. The highest BCUT2D eigenvalue weighted by Crippen LogP contribution is 2.31. The van der Waals surface area contributed by atoms with Crippen LogP contribution in [-0.2, 0) is 6.42 Å². The van der Waals surface area contributed by atoms with Crippen LogP contribution in [0, 0.1) is 11.6 Å². The molecular weight excluding hydrogens is 383 g/mol. The summed E-state index contributed by atoms with van der Waals surface area (Å²) in [6.45, 7) is 0. The van der Waals surface area contributed by atoms with Gasteiger partial charge in [0.05, 0.1) is 4.47 Å². The Morgan fingerprint density at radius 2 is 1.90 bits per heavy atom. The zero-order valence-electron chi connectivity index (χ0n) is 11.1. The van der Waals surface area contributed by atoms with Gasteiger partial charge in [0, 0.05) is 21.7 Å². The fourth-order valence-corrected chi connectivity index (χ4v) is 2.95. The Morgan fingerprint density at radius 3 is 2.52 bits per heavy atom. The van der Waals surface area contributed by atoms with Crippen LogP contribution in [0.2, 0.25) is 10.0 Å². The molecule has 1 N–H and O–H groups in total. The predicted molar refractivity (Wildman–Crippen MR) is 86.0 cm³/mol. The molecule has 112 valence electrons. The van der Waals surface area contributed by atoms with Crippen molar-refractivity contribution in [3.8, 4) is 0 Å². The van der Waals surface area contributed by atoms with Crippen LogP contribution in [0.5, 0.6) is 0 Å². The lowest BCUT2D eigenvalue weighted by Gasteiger charge is -2.19. The molecule has 0 aliphatic rings. The van der Waals surface area contributed by atoms with Crippen LogP contribution in [0.1, 0.15) is 17.2 Å². The summed E-state index contributed by atoms with van der Waals surface area (Å²) in [4.78, 5) is 0. The molecule has 2 aromatic rings. The second-order valence-electron chi connectivity index (χ2n) is 4.54. The Hall–Kier alpha value is -0.680. The standard InChI is InChI=1S/C15H12BrCl2F2N/c1-21-13(6-8-2-3-9(17)7-11(8)18)14-12(19)5-4-10(16)15(14)20/h2-5,7,13,21H,6H2,1H3. The highest BCUT2D eigenvalue weighted by atomic mass is 79.9. The van der Waals surface area contributed by atoms with E-state index in [-0.39, 0.29) is 10.0 Å². The normalized spacial score (nSPS) is 12.5. The monoisotopic (exact) mass is 393 g/mol. The van der Waals surface area contributed by atoms with Crippen molar-refractivity contribution in [2.24, 2.45) is 0 Å². The molecule has 0 fully saturated rings. The van der Waals surface area contributed by atoms with E-state index in [1.54, 1.807) is 25.2 Å². The summed E-state index contributed by atoms with van der Waals surface area (Å²) in [7, 11) is 1.65. The number of hydrogen-bond donors (Lipinski definition) is 1. The summed E-state index contributed by atoms with van der Waals surface area (Å²) in [5.41, 5.74) is 0.747. The van der Waals surface area contributed by atoms with Gasteiger partial charge in [-0.2, -0.15) is 0 Å². The van der Waals surface area contributed by atoms with Crippen molar-refractivity contribution in [3.05, 3.63) is 67.6 Å². The Labute approximate surface area is 140 Å². The lowest BCUT2D eigenvalue weighted by atomic mass is 9.98. The number of halogens is 5. The van der Waals surface area contributed by atoms with E-state index in [9.17, 15) is 8.78 Å². The molecule has 1 atom stereocenters. The van der Waals surface area contributed by atoms with Gasteiger partial charge in [0.25, 0.3) is 0 Å². The molecule has 0 heterocycles. The number of likely N-dealkylation sites (N-methyl/N-ethyl adjacent to an activating group) is 1. The molecule has 0 radical (unpaired) electrons. The van der Waals surface area contributed by atoms with Gasteiger partial charge in [-0.1, -0.05) is 29.3 Å². The Morgan fingerprint density at radius 1 is 1.19 bits per heavy atom. The molecule has 1 nitrogen and oxygen atoms in total. The minimum atomic E-state index is -0.612. The minimum Gasteiger partial charge on any atom is -0.313 e. The van der Waals surface area contributed by atoms with Crippen LogP contribution >= 0.6 is 39.1 Å². The van der Waals surface area contributed by atoms with Gasteiger partial charge in [-0.25, -0.2) is 8.78 Å². The first-order valence-electron chi connectivity index (χ1n) is 6.18. The first-order valence-corrected chi connectivity index (χ1v) is 7.73. The van der Waals surface area contributed by atoms with Gasteiger partial charge in [0.15, 0.2) is 0 Å². The molecule has 21 heavy (non-hydrogen) atoms. The topological polar surface area (TPSA) is 12.0 Å². The molecule has 0 aliphatic carbocycles. The van der Waals surface area contributed by atoms with Crippen LogP contribution in [0.4, 0.5) is 8.78 Å². The maximum absolute atomic E-state index is 14.2. The van der Waals surface area contributed by atoms with Crippen LogP contribution in [-0.4, -0.2) is 7.05 Å². The van der Waals surface area contributed by atoms with Crippen molar-refractivity contribution < 1.29 is 8.78 Å². The second kappa shape index (κ2) is 7.05. The van der Waals surface area contributed by atoms with Crippen molar-refractivity contribution in [1.82, 2.24) is 5.32 Å². The molecule has 2 aromatic carbocycles. The fraction of sp³-hybridized carbons (Fsp3) is 0.200. The largest absolute Gasteiger partial charge is 0.313 e. The van der Waals surface area contributed by atoms with Gasteiger partial charge in [0.1, 0.15) is 11.6 Å². The molecule has 0 saturated heterocycles. The van der Waals surface area contributed by atoms with Gasteiger partial charge < -0.3 is 5.32 Å². The van der Waals surface area contributed by atoms with Crippen molar-refractivity contribution in [3.63, 3.8) is 0 Å². The first kappa shape index (κ1) is 16.7. The molecule has 0 spiro atoms. The molecule has 2 rings (SSSR count). The van der Waals surface area contributed by atoms with Gasteiger partial charge in [0.2, 0.25) is 0 Å². The first-order chi connectivity index (χ1) is 9.93. The Balaban J connectivity index is 2.39. The molecular formula is C15H12BrCl2F2N. The van der Waals surface area contributed by atoms with Crippen molar-refractivity contribution in [2.45, 2.75) is 12.5 Å². The summed E-state index contributed by atoms with van der Waals surface area (Å²) >= 11 is 15.0. The third-order valence-corrected chi connectivity index (χ3v) is 4.41. The zero-order valence-corrected chi connectivity index (χ0v) is 14.2. The Kier molecular flexibility index (Phi) is 5.60. The summed E-state index contributed by atoms with van der Waals surface area (Å²) in [6.07, 6.45) is 0.344. The average molecular weight is 395 g/mol. The maximum atomic E-state index is 14.2. The van der Waals surface area contributed by atoms with E-state index in [2.05, 4.69) is 21.2 Å². The van der Waals surface area contributed by atoms with Crippen molar-refractivity contribution in [2.75, 3.05) is 7.05 Å². The molecule has 0 aromatic heterocycles. The van der Waals surface area contributed by atoms with Gasteiger partial charge in [-0.15, -0.1) is 0 Å². The van der Waals surface area contributed by atoms with Crippen LogP contribution in [0.25, 0.3) is 0 Å². The lowest BCUT2D eigenvalue weighted by molar-refractivity contribution is 0.487. The van der Waals surface area contributed by atoms with E-state index in [1.165, 1.54) is 12.1 Å². The second-order valence-corrected chi connectivity index (χ2v) is 6.24. The average Bonchev–Trinajstić information content (AvgIpc) is 2.44. The number of nitrogens with one attached hydrogen (secondary N) is 1. The predicted octanol–water partition coefficient (Wildman–Crippen LogP) is 5.54. The highest BCUT2D eigenvalue weighted by Gasteiger charge is 2.22. The summed E-state index contributed by atoms with van der Waals surface area (Å²) in [5, 5.41) is 3.91. The highest BCUT2D eigenvalue weighted by molar-refractivity contribution is 9.10. The number of benzene rings is 2. The number of rotatable bonds is 4. The molecule has 1 unspecified atom stereocenters. The summed E-state index contributed by atoms with van der Waals surface area (Å²) < 4.78 is 28.4. The van der Waals surface area contributed by atoms with Gasteiger partial charge in [-0.3, -0.25) is 0 Å². The zero-order chi connectivity index (χ0) is 15.6. The summed E-state index contributed by atoms with van der Waals surface area (Å²) in [5.74, 6) is -1.21. The fourth-order valence-electron chi connectivity index (χ4n) is 2.12. The SMILES string of the molecule is CNC(Cc1ccc(Cl)cc1Cl)c1c(F)ccc(Br)c1F. The van der Waals surface area contributed by atoms with E-state index < -0.39 is 17.7 Å². The van der Waals surface area contributed by atoms with Crippen molar-refractivity contribution in [1.29, 1.82) is 0 Å². The Bertz CT molecular complexity index is 664. The van der Waals surface area contributed by atoms with Crippen LogP contribution in [0.15, 0.2) is 34.8 Å².